The summed E-state index contributed by atoms with van der Waals surface area (Å²) in [4.78, 5) is 6.49. The molecule has 0 amide bonds. The minimum absolute atomic E-state index is 0.879. The minimum atomic E-state index is 0.879. The Hall–Kier alpha value is -2.03. The third kappa shape index (κ3) is 3.25. The summed E-state index contributed by atoms with van der Waals surface area (Å²) in [5.74, 6) is 0.913. The highest BCUT2D eigenvalue weighted by Crippen LogP contribution is 2.26. The summed E-state index contributed by atoms with van der Waals surface area (Å²) >= 11 is 0. The zero-order valence-electron chi connectivity index (χ0n) is 12.1. The van der Waals surface area contributed by atoms with E-state index in [9.17, 15) is 0 Å². The Balaban J connectivity index is 2.32. The van der Waals surface area contributed by atoms with Crippen LogP contribution in [0.3, 0.4) is 0 Å². The summed E-state index contributed by atoms with van der Waals surface area (Å²) in [6, 6.07) is 10.7. The van der Waals surface area contributed by atoms with Gasteiger partial charge in [0.05, 0.1) is 0 Å². The number of pyridine rings is 1. The molecule has 1 aromatic carbocycles. The van der Waals surface area contributed by atoms with Gasteiger partial charge in [0.15, 0.2) is 0 Å². The van der Waals surface area contributed by atoms with E-state index in [0.29, 0.717) is 0 Å². The zero-order chi connectivity index (χ0) is 13.8. The largest absolute Gasteiger partial charge is 0.370 e. The highest BCUT2D eigenvalue weighted by molar-refractivity contribution is 5.66. The summed E-state index contributed by atoms with van der Waals surface area (Å²) in [6.07, 6.45) is 1.84. The molecule has 100 valence electrons. The number of benzene rings is 1. The molecule has 0 aliphatic carbocycles. The van der Waals surface area contributed by atoms with Crippen LogP contribution in [0, 0.1) is 13.8 Å². The Bertz CT molecular complexity index is 543. The van der Waals surface area contributed by atoms with Gasteiger partial charge in [-0.05, 0) is 50.1 Å². The molecule has 0 bridgehead atoms. The van der Waals surface area contributed by atoms with Crippen LogP contribution >= 0.6 is 0 Å². The predicted octanol–water partition coefficient (Wildman–Crippen LogP) is 3.90. The zero-order valence-corrected chi connectivity index (χ0v) is 12.1. The molecule has 0 spiro atoms. The average molecular weight is 255 g/mol. The van der Waals surface area contributed by atoms with Gasteiger partial charge >= 0.3 is 0 Å². The number of aryl methyl sites for hydroxylation is 2. The van der Waals surface area contributed by atoms with Crippen molar-refractivity contribution in [3.05, 3.63) is 47.7 Å². The van der Waals surface area contributed by atoms with E-state index in [2.05, 4.69) is 67.3 Å². The first-order valence-corrected chi connectivity index (χ1v) is 6.62. The van der Waals surface area contributed by atoms with E-state index >= 15 is 0 Å². The lowest BCUT2D eigenvalue weighted by molar-refractivity contribution is 1.13. The Labute approximate surface area is 115 Å². The molecule has 3 nitrogen and oxygen atoms in total. The molecule has 0 unspecified atom stereocenters. The van der Waals surface area contributed by atoms with Crippen LogP contribution in [0.4, 0.5) is 17.2 Å². The molecule has 1 heterocycles. The SMILES string of the molecule is CCNc1cc(N(C)c2cc(C)cc(C)c2)ccn1. The fraction of sp³-hybridized carbons (Fsp3) is 0.312. The highest BCUT2D eigenvalue weighted by atomic mass is 15.1. The van der Waals surface area contributed by atoms with Crippen molar-refractivity contribution >= 4 is 17.2 Å². The maximum absolute atomic E-state index is 4.30. The van der Waals surface area contributed by atoms with Crippen LogP contribution in [-0.4, -0.2) is 18.6 Å². The normalized spacial score (nSPS) is 10.3. The van der Waals surface area contributed by atoms with Crippen molar-refractivity contribution < 1.29 is 0 Å². The number of nitrogens with zero attached hydrogens (tertiary/aromatic N) is 2. The van der Waals surface area contributed by atoms with Gasteiger partial charge in [0.1, 0.15) is 5.82 Å². The van der Waals surface area contributed by atoms with Crippen LogP contribution in [0.15, 0.2) is 36.5 Å². The van der Waals surface area contributed by atoms with Crippen molar-refractivity contribution in [1.29, 1.82) is 0 Å². The molecule has 1 aromatic heterocycles. The number of hydrogen-bond donors (Lipinski definition) is 1. The van der Waals surface area contributed by atoms with E-state index in [1.54, 1.807) is 0 Å². The summed E-state index contributed by atoms with van der Waals surface area (Å²) in [6.45, 7) is 7.20. The first-order valence-electron chi connectivity index (χ1n) is 6.62. The van der Waals surface area contributed by atoms with Crippen molar-refractivity contribution in [1.82, 2.24) is 4.98 Å². The van der Waals surface area contributed by atoms with Gasteiger partial charge in [0.25, 0.3) is 0 Å². The number of anilines is 3. The second-order valence-corrected chi connectivity index (χ2v) is 4.83. The predicted molar refractivity (Wildman–Crippen MR) is 82.4 cm³/mol. The van der Waals surface area contributed by atoms with E-state index in [-0.39, 0.29) is 0 Å². The Morgan fingerprint density at radius 1 is 1.05 bits per heavy atom. The van der Waals surface area contributed by atoms with Crippen molar-refractivity contribution in [3.63, 3.8) is 0 Å². The average Bonchev–Trinajstić information content (AvgIpc) is 2.37. The molecule has 0 radical (unpaired) electrons. The number of aromatic nitrogens is 1. The van der Waals surface area contributed by atoms with Gasteiger partial charge in [0.2, 0.25) is 0 Å². The first-order chi connectivity index (χ1) is 9.10. The summed E-state index contributed by atoms with van der Waals surface area (Å²) in [7, 11) is 2.08. The molecule has 0 fully saturated rings. The van der Waals surface area contributed by atoms with Gasteiger partial charge in [-0.3, -0.25) is 0 Å². The summed E-state index contributed by atoms with van der Waals surface area (Å²) in [5.41, 5.74) is 4.90. The third-order valence-corrected chi connectivity index (χ3v) is 3.08. The van der Waals surface area contributed by atoms with Crippen molar-refractivity contribution in [2.24, 2.45) is 0 Å². The first kappa shape index (κ1) is 13.4. The lowest BCUT2D eigenvalue weighted by Gasteiger charge is -2.21. The topological polar surface area (TPSA) is 28.2 Å². The quantitative estimate of drug-likeness (QED) is 0.898. The van der Waals surface area contributed by atoms with Gasteiger partial charge in [0, 0.05) is 37.2 Å². The van der Waals surface area contributed by atoms with E-state index in [1.807, 2.05) is 12.3 Å². The van der Waals surface area contributed by atoms with Crippen LogP contribution in [0.2, 0.25) is 0 Å². The van der Waals surface area contributed by atoms with E-state index in [1.165, 1.54) is 16.8 Å². The standard InChI is InChI=1S/C16H21N3/c1-5-17-16-11-14(6-7-18-16)19(4)15-9-12(2)8-13(3)10-15/h6-11H,5H2,1-4H3,(H,17,18). The van der Waals surface area contributed by atoms with Crippen molar-refractivity contribution in [2.45, 2.75) is 20.8 Å². The summed E-state index contributed by atoms with van der Waals surface area (Å²) < 4.78 is 0. The summed E-state index contributed by atoms with van der Waals surface area (Å²) in [5, 5.41) is 3.24. The maximum atomic E-state index is 4.30. The second kappa shape index (κ2) is 5.74. The van der Waals surface area contributed by atoms with Crippen LogP contribution in [0.1, 0.15) is 18.1 Å². The molecule has 2 aromatic rings. The lowest BCUT2D eigenvalue weighted by Crippen LogP contribution is -2.11. The molecule has 1 N–H and O–H groups in total. The third-order valence-electron chi connectivity index (χ3n) is 3.08. The lowest BCUT2D eigenvalue weighted by atomic mass is 10.1. The Morgan fingerprint density at radius 2 is 1.74 bits per heavy atom. The number of hydrogen-bond acceptors (Lipinski definition) is 3. The molecular formula is C16H21N3. The monoisotopic (exact) mass is 255 g/mol. The van der Waals surface area contributed by atoms with Gasteiger partial charge in [-0.2, -0.15) is 0 Å². The molecule has 3 heteroatoms. The number of rotatable bonds is 4. The highest BCUT2D eigenvalue weighted by Gasteiger charge is 2.06. The van der Waals surface area contributed by atoms with Crippen LogP contribution < -0.4 is 10.2 Å². The van der Waals surface area contributed by atoms with Crippen LogP contribution in [0.25, 0.3) is 0 Å². The van der Waals surface area contributed by atoms with Gasteiger partial charge in [-0.15, -0.1) is 0 Å². The number of nitrogens with one attached hydrogen (secondary N) is 1. The van der Waals surface area contributed by atoms with Crippen molar-refractivity contribution in [3.8, 4) is 0 Å². The smallest absolute Gasteiger partial charge is 0.127 e. The molecule has 0 saturated carbocycles. The van der Waals surface area contributed by atoms with E-state index < -0.39 is 0 Å². The van der Waals surface area contributed by atoms with E-state index in [4.69, 9.17) is 0 Å². The van der Waals surface area contributed by atoms with Gasteiger partial charge < -0.3 is 10.2 Å². The maximum Gasteiger partial charge on any atom is 0.127 e. The molecule has 2 rings (SSSR count). The molecular weight excluding hydrogens is 234 g/mol. The van der Waals surface area contributed by atoms with Gasteiger partial charge in [-0.25, -0.2) is 4.98 Å². The Kier molecular flexibility index (Phi) is 4.05. The Morgan fingerprint density at radius 3 is 2.37 bits per heavy atom. The molecule has 0 aliphatic rings. The fourth-order valence-electron chi connectivity index (χ4n) is 2.20. The molecule has 0 aliphatic heterocycles. The van der Waals surface area contributed by atoms with Gasteiger partial charge in [-0.1, -0.05) is 6.07 Å². The molecule has 19 heavy (non-hydrogen) atoms. The second-order valence-electron chi connectivity index (χ2n) is 4.83. The fourth-order valence-corrected chi connectivity index (χ4v) is 2.20. The van der Waals surface area contributed by atoms with E-state index in [0.717, 1.165) is 18.1 Å². The van der Waals surface area contributed by atoms with Crippen LogP contribution in [0.5, 0.6) is 0 Å². The molecule has 0 saturated heterocycles. The van der Waals surface area contributed by atoms with Crippen molar-refractivity contribution in [2.75, 3.05) is 23.8 Å². The molecule has 0 atom stereocenters. The van der Waals surface area contributed by atoms with Crippen LogP contribution in [-0.2, 0) is 0 Å². The minimum Gasteiger partial charge on any atom is -0.370 e.